The fourth-order valence-corrected chi connectivity index (χ4v) is 2.92. The van der Waals surface area contributed by atoms with Crippen LogP contribution in [-0.2, 0) is 29.0 Å². The van der Waals surface area contributed by atoms with Crippen molar-refractivity contribution in [3.63, 3.8) is 0 Å². The minimum absolute atomic E-state index is 0.00266. The summed E-state index contributed by atoms with van der Waals surface area (Å²) in [6, 6.07) is 5.96. The Hall–Kier alpha value is -2.57. The van der Waals surface area contributed by atoms with Gasteiger partial charge in [-0.15, -0.1) is 0 Å². The van der Waals surface area contributed by atoms with E-state index in [2.05, 4.69) is 10.1 Å². The van der Waals surface area contributed by atoms with Gasteiger partial charge in [-0.05, 0) is 30.0 Å². The van der Waals surface area contributed by atoms with Gasteiger partial charge in [0.15, 0.2) is 5.82 Å². The van der Waals surface area contributed by atoms with Gasteiger partial charge in [0.2, 0.25) is 17.7 Å². The zero-order valence-corrected chi connectivity index (χ0v) is 14.2. The number of amides is 2. The molecule has 0 radical (unpaired) electrons. The van der Waals surface area contributed by atoms with Gasteiger partial charge in [-0.3, -0.25) is 14.5 Å². The Kier molecular flexibility index (Phi) is 4.92. The predicted molar refractivity (Wildman–Crippen MR) is 86.6 cm³/mol. The zero-order chi connectivity index (χ0) is 18.0. The fraction of sp³-hybridized carbons (Fsp3) is 0.444. The quantitative estimate of drug-likeness (QED) is 0.752. The van der Waals surface area contributed by atoms with Crippen LogP contribution in [0.4, 0.5) is 4.39 Å². The standard InChI is InChI=1S/C18H20FN3O3/c1-11(2)7-15-20-16(25-21-15)10-22-17(23)9-13(18(22)24)8-12-3-5-14(19)6-4-12/h3-6,11,13H,7-10H2,1-2H3. The highest BCUT2D eigenvalue weighted by atomic mass is 19.1. The Morgan fingerprint density at radius 3 is 2.68 bits per heavy atom. The van der Waals surface area contributed by atoms with Gasteiger partial charge in [0, 0.05) is 12.8 Å². The molecule has 2 aromatic rings. The van der Waals surface area contributed by atoms with Crippen LogP contribution >= 0.6 is 0 Å². The number of benzene rings is 1. The molecule has 132 valence electrons. The summed E-state index contributed by atoms with van der Waals surface area (Å²) in [4.78, 5) is 30.1. The van der Waals surface area contributed by atoms with Crippen molar-refractivity contribution < 1.29 is 18.5 Å². The molecule has 6 nitrogen and oxygen atoms in total. The second kappa shape index (κ2) is 7.13. The molecule has 1 aliphatic rings. The van der Waals surface area contributed by atoms with Gasteiger partial charge in [0.05, 0.1) is 5.92 Å². The molecule has 0 N–H and O–H groups in total. The molecule has 1 unspecified atom stereocenters. The molecule has 0 saturated carbocycles. The Morgan fingerprint density at radius 2 is 2.00 bits per heavy atom. The fourth-order valence-electron chi connectivity index (χ4n) is 2.92. The van der Waals surface area contributed by atoms with Gasteiger partial charge >= 0.3 is 0 Å². The first kappa shape index (κ1) is 17.3. The third-order valence-corrected chi connectivity index (χ3v) is 4.13. The van der Waals surface area contributed by atoms with E-state index in [9.17, 15) is 14.0 Å². The Morgan fingerprint density at radius 1 is 1.28 bits per heavy atom. The topological polar surface area (TPSA) is 76.3 Å². The highest BCUT2D eigenvalue weighted by Crippen LogP contribution is 2.25. The number of nitrogens with zero attached hydrogens (tertiary/aromatic N) is 3. The number of hydrogen-bond acceptors (Lipinski definition) is 5. The second-order valence-electron chi connectivity index (χ2n) is 6.75. The maximum Gasteiger partial charge on any atom is 0.246 e. The molecule has 7 heteroatoms. The molecule has 0 spiro atoms. The largest absolute Gasteiger partial charge is 0.337 e. The minimum atomic E-state index is -0.434. The summed E-state index contributed by atoms with van der Waals surface area (Å²) < 4.78 is 18.1. The van der Waals surface area contributed by atoms with Crippen molar-refractivity contribution in [3.8, 4) is 0 Å². The number of hydrogen-bond donors (Lipinski definition) is 0. The molecular formula is C18H20FN3O3. The first-order chi connectivity index (χ1) is 11.9. The molecule has 1 fully saturated rings. The average Bonchev–Trinajstić information content (AvgIpc) is 3.09. The lowest BCUT2D eigenvalue weighted by atomic mass is 9.98. The monoisotopic (exact) mass is 345 g/mol. The number of imide groups is 1. The lowest BCUT2D eigenvalue weighted by Crippen LogP contribution is -2.30. The van der Waals surface area contributed by atoms with Crippen LogP contribution < -0.4 is 0 Å². The van der Waals surface area contributed by atoms with E-state index in [1.54, 1.807) is 12.1 Å². The van der Waals surface area contributed by atoms with Gasteiger partial charge in [0.25, 0.3) is 0 Å². The predicted octanol–water partition coefficient (Wildman–Crippen LogP) is 2.53. The molecule has 1 atom stereocenters. The van der Waals surface area contributed by atoms with E-state index in [1.165, 1.54) is 17.0 Å². The van der Waals surface area contributed by atoms with E-state index < -0.39 is 5.92 Å². The molecule has 2 amide bonds. The number of aromatic nitrogens is 2. The summed E-state index contributed by atoms with van der Waals surface area (Å²) in [5.41, 5.74) is 0.825. The molecule has 2 heterocycles. The van der Waals surface area contributed by atoms with E-state index in [4.69, 9.17) is 4.52 Å². The van der Waals surface area contributed by atoms with Crippen molar-refractivity contribution in [1.82, 2.24) is 15.0 Å². The van der Waals surface area contributed by atoms with Crippen molar-refractivity contribution in [2.24, 2.45) is 11.8 Å². The zero-order valence-electron chi connectivity index (χ0n) is 14.2. The number of carbonyl (C=O) groups excluding carboxylic acids is 2. The number of rotatable bonds is 6. The average molecular weight is 345 g/mol. The molecular weight excluding hydrogens is 325 g/mol. The molecule has 1 aromatic carbocycles. The maximum absolute atomic E-state index is 13.0. The Balaban J connectivity index is 1.64. The van der Waals surface area contributed by atoms with E-state index in [0.29, 0.717) is 24.6 Å². The molecule has 1 aliphatic heterocycles. The highest BCUT2D eigenvalue weighted by Gasteiger charge is 2.39. The van der Waals surface area contributed by atoms with Gasteiger partial charge in [-0.2, -0.15) is 4.98 Å². The maximum atomic E-state index is 13.0. The van der Waals surface area contributed by atoms with Crippen LogP contribution in [0, 0.1) is 17.7 Å². The van der Waals surface area contributed by atoms with Crippen molar-refractivity contribution in [2.45, 2.75) is 39.7 Å². The minimum Gasteiger partial charge on any atom is -0.337 e. The molecule has 0 aliphatic carbocycles. The smallest absolute Gasteiger partial charge is 0.246 e. The summed E-state index contributed by atoms with van der Waals surface area (Å²) in [5, 5.41) is 3.87. The van der Waals surface area contributed by atoms with Crippen molar-refractivity contribution in [1.29, 1.82) is 0 Å². The van der Waals surface area contributed by atoms with Crippen LogP contribution in [0.2, 0.25) is 0 Å². The first-order valence-electron chi connectivity index (χ1n) is 8.32. The lowest BCUT2D eigenvalue weighted by Gasteiger charge is -2.12. The molecule has 0 bridgehead atoms. The van der Waals surface area contributed by atoms with Crippen LogP contribution in [0.5, 0.6) is 0 Å². The highest BCUT2D eigenvalue weighted by molar-refractivity contribution is 6.03. The molecule has 1 aromatic heterocycles. The van der Waals surface area contributed by atoms with Gasteiger partial charge in [-0.25, -0.2) is 4.39 Å². The van der Waals surface area contributed by atoms with Crippen LogP contribution in [0.3, 0.4) is 0 Å². The Labute approximate surface area is 145 Å². The van der Waals surface area contributed by atoms with Crippen molar-refractivity contribution >= 4 is 11.8 Å². The molecule has 25 heavy (non-hydrogen) atoms. The number of carbonyl (C=O) groups is 2. The van der Waals surface area contributed by atoms with Gasteiger partial charge in [-0.1, -0.05) is 31.1 Å². The summed E-state index contributed by atoms with van der Waals surface area (Å²) in [5.74, 6) is -0.0326. The van der Waals surface area contributed by atoms with Gasteiger partial charge in [0.1, 0.15) is 12.4 Å². The lowest BCUT2D eigenvalue weighted by molar-refractivity contribution is -0.140. The normalized spacial score (nSPS) is 17.8. The van der Waals surface area contributed by atoms with Gasteiger partial charge < -0.3 is 4.52 Å². The summed E-state index contributed by atoms with van der Waals surface area (Å²) in [6.45, 7) is 4.09. The van der Waals surface area contributed by atoms with Crippen LogP contribution in [0.1, 0.15) is 37.5 Å². The summed E-state index contributed by atoms with van der Waals surface area (Å²) >= 11 is 0. The third kappa shape index (κ3) is 4.10. The van der Waals surface area contributed by atoms with E-state index in [-0.39, 0.29) is 36.5 Å². The van der Waals surface area contributed by atoms with E-state index in [0.717, 1.165) is 5.56 Å². The Bertz CT molecular complexity index is 770. The summed E-state index contributed by atoms with van der Waals surface area (Å²) in [6.07, 6.45) is 1.23. The second-order valence-corrected chi connectivity index (χ2v) is 6.75. The van der Waals surface area contributed by atoms with Crippen LogP contribution in [0.25, 0.3) is 0 Å². The van der Waals surface area contributed by atoms with Crippen molar-refractivity contribution in [3.05, 3.63) is 47.4 Å². The number of halogens is 1. The van der Waals surface area contributed by atoms with Crippen LogP contribution in [0.15, 0.2) is 28.8 Å². The van der Waals surface area contributed by atoms with Crippen molar-refractivity contribution in [2.75, 3.05) is 0 Å². The number of likely N-dealkylation sites (tertiary alicyclic amines) is 1. The van der Waals surface area contributed by atoms with E-state index >= 15 is 0 Å². The SMILES string of the molecule is CC(C)Cc1noc(CN2C(=O)CC(Cc3ccc(F)cc3)C2=O)n1. The summed E-state index contributed by atoms with van der Waals surface area (Å²) in [7, 11) is 0. The van der Waals surface area contributed by atoms with E-state index in [1.807, 2.05) is 13.8 Å². The third-order valence-electron chi connectivity index (χ3n) is 4.13. The molecule has 3 rings (SSSR count). The first-order valence-corrected chi connectivity index (χ1v) is 8.32. The van der Waals surface area contributed by atoms with Crippen LogP contribution in [-0.4, -0.2) is 26.9 Å². The molecule has 1 saturated heterocycles.